The summed E-state index contributed by atoms with van der Waals surface area (Å²) in [6.45, 7) is 0.355. The van der Waals surface area contributed by atoms with Gasteiger partial charge in [-0.1, -0.05) is 12.5 Å². The predicted molar refractivity (Wildman–Crippen MR) is 107 cm³/mol. The van der Waals surface area contributed by atoms with Crippen LogP contribution in [0.5, 0.6) is 5.88 Å². The van der Waals surface area contributed by atoms with Crippen molar-refractivity contribution in [2.75, 3.05) is 7.11 Å². The molecule has 0 bridgehead atoms. The second-order valence-electron chi connectivity index (χ2n) is 7.11. The molecule has 0 atom stereocenters. The van der Waals surface area contributed by atoms with Gasteiger partial charge in [0.25, 0.3) is 5.91 Å². The number of methoxy groups -OCH3 is 1. The number of carbonyl (C=O) groups excluding carboxylic acids is 1. The second-order valence-corrected chi connectivity index (χ2v) is 7.11. The molecule has 1 aliphatic carbocycles. The maximum atomic E-state index is 13.3. The van der Waals surface area contributed by atoms with E-state index in [0.717, 1.165) is 54.6 Å². The Bertz CT molecular complexity index is 997. The highest BCUT2D eigenvalue weighted by atomic mass is 19.1. The SMILES string of the molecule is COc1ccc(CNC(=O)c2nn(-c3ccc(F)cc3)c3c2CCCCC3)cn1. The van der Waals surface area contributed by atoms with Gasteiger partial charge in [0.05, 0.1) is 12.8 Å². The summed E-state index contributed by atoms with van der Waals surface area (Å²) in [7, 11) is 1.56. The molecule has 6 nitrogen and oxygen atoms in total. The first-order valence-corrected chi connectivity index (χ1v) is 9.79. The van der Waals surface area contributed by atoms with Crippen molar-refractivity contribution in [3.8, 4) is 11.6 Å². The minimum absolute atomic E-state index is 0.208. The molecule has 0 fully saturated rings. The molecule has 2 heterocycles. The Kier molecular flexibility index (Phi) is 5.55. The van der Waals surface area contributed by atoms with Gasteiger partial charge in [-0.2, -0.15) is 5.10 Å². The Labute approximate surface area is 168 Å². The largest absolute Gasteiger partial charge is 0.481 e. The first-order chi connectivity index (χ1) is 14.2. The van der Waals surface area contributed by atoms with E-state index in [-0.39, 0.29) is 11.7 Å². The van der Waals surface area contributed by atoms with E-state index in [4.69, 9.17) is 4.74 Å². The van der Waals surface area contributed by atoms with Crippen LogP contribution in [-0.4, -0.2) is 27.8 Å². The molecule has 150 valence electrons. The van der Waals surface area contributed by atoms with Crippen LogP contribution in [0.3, 0.4) is 0 Å². The smallest absolute Gasteiger partial charge is 0.272 e. The van der Waals surface area contributed by atoms with E-state index in [0.29, 0.717) is 18.1 Å². The normalized spacial score (nSPS) is 13.4. The molecule has 0 aliphatic heterocycles. The molecule has 0 saturated heterocycles. The van der Waals surface area contributed by atoms with E-state index in [9.17, 15) is 9.18 Å². The van der Waals surface area contributed by atoms with Crippen LogP contribution >= 0.6 is 0 Å². The van der Waals surface area contributed by atoms with Crippen LogP contribution in [0, 0.1) is 5.82 Å². The van der Waals surface area contributed by atoms with E-state index < -0.39 is 0 Å². The number of halogens is 1. The van der Waals surface area contributed by atoms with E-state index in [2.05, 4.69) is 15.4 Å². The summed E-state index contributed by atoms with van der Waals surface area (Å²) in [5.74, 6) is 0.0290. The van der Waals surface area contributed by atoms with Crippen LogP contribution in [0.1, 0.15) is 46.6 Å². The van der Waals surface area contributed by atoms with Gasteiger partial charge in [-0.15, -0.1) is 0 Å². The predicted octanol–water partition coefficient (Wildman–Crippen LogP) is 3.61. The van der Waals surface area contributed by atoms with Crippen molar-refractivity contribution in [2.24, 2.45) is 0 Å². The summed E-state index contributed by atoms with van der Waals surface area (Å²) in [6.07, 6.45) is 6.56. The minimum atomic E-state index is -0.293. The topological polar surface area (TPSA) is 69.0 Å². The van der Waals surface area contributed by atoms with Crippen molar-refractivity contribution in [1.82, 2.24) is 20.1 Å². The fourth-order valence-electron chi connectivity index (χ4n) is 3.66. The van der Waals surface area contributed by atoms with E-state index >= 15 is 0 Å². The van der Waals surface area contributed by atoms with E-state index in [1.807, 2.05) is 6.07 Å². The standard InChI is InChI=1S/C22H23FN4O2/c1-29-20-12-7-15(13-24-20)14-25-22(28)21-18-5-3-2-4-6-19(18)27(26-21)17-10-8-16(23)9-11-17/h7-13H,2-6,14H2,1H3,(H,25,28). The van der Waals surface area contributed by atoms with Crippen molar-refractivity contribution in [2.45, 2.75) is 38.6 Å². The number of nitrogens with one attached hydrogen (secondary N) is 1. The van der Waals surface area contributed by atoms with Gasteiger partial charge >= 0.3 is 0 Å². The van der Waals surface area contributed by atoms with Crippen molar-refractivity contribution >= 4 is 5.91 Å². The molecule has 1 aliphatic rings. The van der Waals surface area contributed by atoms with Crippen molar-refractivity contribution in [3.05, 3.63) is 70.9 Å². The van der Waals surface area contributed by atoms with Crippen molar-refractivity contribution in [3.63, 3.8) is 0 Å². The first-order valence-electron chi connectivity index (χ1n) is 9.79. The first kappa shape index (κ1) is 19.1. The molecule has 29 heavy (non-hydrogen) atoms. The lowest BCUT2D eigenvalue weighted by atomic mass is 10.1. The molecule has 0 saturated carbocycles. The maximum absolute atomic E-state index is 13.3. The van der Waals surface area contributed by atoms with Gasteiger partial charge < -0.3 is 10.1 Å². The summed E-state index contributed by atoms with van der Waals surface area (Å²) >= 11 is 0. The Morgan fingerprint density at radius 1 is 1.14 bits per heavy atom. The third kappa shape index (κ3) is 4.13. The van der Waals surface area contributed by atoms with Gasteiger partial charge in [-0.05, 0) is 55.5 Å². The Morgan fingerprint density at radius 3 is 2.66 bits per heavy atom. The number of aromatic nitrogens is 3. The Morgan fingerprint density at radius 2 is 1.93 bits per heavy atom. The number of amides is 1. The third-order valence-electron chi connectivity index (χ3n) is 5.18. The van der Waals surface area contributed by atoms with E-state index in [1.165, 1.54) is 12.1 Å². The molecule has 0 radical (unpaired) electrons. The zero-order chi connectivity index (χ0) is 20.2. The number of hydrogen-bond donors (Lipinski definition) is 1. The van der Waals surface area contributed by atoms with Crippen LogP contribution < -0.4 is 10.1 Å². The fourth-order valence-corrected chi connectivity index (χ4v) is 3.66. The number of hydrogen-bond acceptors (Lipinski definition) is 4. The summed E-state index contributed by atoms with van der Waals surface area (Å²) in [6, 6.07) is 9.84. The number of benzene rings is 1. The molecule has 1 aromatic carbocycles. The fraction of sp³-hybridized carbons (Fsp3) is 0.318. The molecule has 2 aromatic heterocycles. The zero-order valence-electron chi connectivity index (χ0n) is 16.3. The molecule has 1 amide bonds. The Balaban J connectivity index is 1.60. The Hall–Kier alpha value is -3.22. The molecule has 3 aromatic rings. The van der Waals surface area contributed by atoms with Gasteiger partial charge in [-0.3, -0.25) is 4.79 Å². The van der Waals surface area contributed by atoms with Crippen LogP contribution in [0.15, 0.2) is 42.6 Å². The zero-order valence-corrected chi connectivity index (χ0v) is 16.3. The lowest BCUT2D eigenvalue weighted by molar-refractivity contribution is 0.0944. The second kappa shape index (κ2) is 8.43. The quantitative estimate of drug-likeness (QED) is 0.671. The number of ether oxygens (including phenoxy) is 1. The maximum Gasteiger partial charge on any atom is 0.272 e. The van der Waals surface area contributed by atoms with Gasteiger partial charge in [0.1, 0.15) is 5.82 Å². The average molecular weight is 394 g/mol. The van der Waals surface area contributed by atoms with Crippen molar-refractivity contribution in [1.29, 1.82) is 0 Å². The third-order valence-corrected chi connectivity index (χ3v) is 5.18. The lowest BCUT2D eigenvalue weighted by Crippen LogP contribution is -2.24. The summed E-state index contributed by atoms with van der Waals surface area (Å²) in [4.78, 5) is 17.1. The summed E-state index contributed by atoms with van der Waals surface area (Å²) < 4.78 is 20.2. The molecule has 4 rings (SSSR count). The molecular weight excluding hydrogens is 371 g/mol. The van der Waals surface area contributed by atoms with Gasteiger partial charge in [0, 0.05) is 30.1 Å². The van der Waals surface area contributed by atoms with Gasteiger partial charge in [0.15, 0.2) is 5.69 Å². The van der Waals surface area contributed by atoms with E-state index in [1.54, 1.807) is 36.2 Å². The highest BCUT2D eigenvalue weighted by molar-refractivity contribution is 5.94. The van der Waals surface area contributed by atoms with Gasteiger partial charge in [-0.25, -0.2) is 14.1 Å². The lowest BCUT2D eigenvalue weighted by Gasteiger charge is -2.07. The summed E-state index contributed by atoms with van der Waals surface area (Å²) in [5.41, 5.74) is 4.14. The minimum Gasteiger partial charge on any atom is -0.481 e. The van der Waals surface area contributed by atoms with Crippen molar-refractivity contribution < 1.29 is 13.9 Å². The summed E-state index contributed by atoms with van der Waals surface area (Å²) in [5, 5.41) is 7.56. The van der Waals surface area contributed by atoms with Crippen LogP contribution in [0.2, 0.25) is 0 Å². The molecular formula is C22H23FN4O2. The molecule has 0 spiro atoms. The molecule has 1 N–H and O–H groups in total. The average Bonchev–Trinajstić information content (AvgIpc) is 2.94. The number of fused-ring (bicyclic) bond motifs is 1. The number of carbonyl (C=O) groups is 1. The van der Waals surface area contributed by atoms with Crippen LogP contribution in [-0.2, 0) is 19.4 Å². The van der Waals surface area contributed by atoms with Crippen LogP contribution in [0.25, 0.3) is 5.69 Å². The molecule has 7 heteroatoms. The van der Waals surface area contributed by atoms with Gasteiger partial charge in [0.2, 0.25) is 5.88 Å². The number of pyridine rings is 1. The number of nitrogens with zero attached hydrogens (tertiary/aromatic N) is 3. The highest BCUT2D eigenvalue weighted by Gasteiger charge is 2.24. The number of rotatable bonds is 5. The van der Waals surface area contributed by atoms with Crippen LogP contribution in [0.4, 0.5) is 4.39 Å². The monoisotopic (exact) mass is 394 g/mol. The molecule has 0 unspecified atom stereocenters. The highest BCUT2D eigenvalue weighted by Crippen LogP contribution is 2.26.